The summed E-state index contributed by atoms with van der Waals surface area (Å²) in [7, 11) is 0. The van der Waals surface area contributed by atoms with E-state index < -0.39 is 0 Å². The number of hydrogen-bond donors (Lipinski definition) is 1. The average molecular weight is 328 g/mol. The Morgan fingerprint density at radius 3 is 2.79 bits per heavy atom. The van der Waals surface area contributed by atoms with Gasteiger partial charge in [-0.15, -0.1) is 0 Å². The summed E-state index contributed by atoms with van der Waals surface area (Å²) in [6.07, 6.45) is 12.8. The van der Waals surface area contributed by atoms with Crippen LogP contribution in [-0.2, 0) is 0 Å². The van der Waals surface area contributed by atoms with Crippen molar-refractivity contribution in [2.75, 3.05) is 13.1 Å². The summed E-state index contributed by atoms with van der Waals surface area (Å²) in [4.78, 5) is 2.69. The first kappa shape index (κ1) is 15.9. The van der Waals surface area contributed by atoms with Gasteiger partial charge in [-0.2, -0.15) is 5.10 Å². The zero-order valence-corrected chi connectivity index (χ0v) is 14.6. The second-order valence-electron chi connectivity index (χ2n) is 7.54. The lowest BCUT2D eigenvalue weighted by Gasteiger charge is -2.38. The van der Waals surface area contributed by atoms with Crippen molar-refractivity contribution in [2.24, 2.45) is 5.92 Å². The van der Waals surface area contributed by atoms with Gasteiger partial charge in [-0.05, 0) is 45.1 Å². The minimum absolute atomic E-state index is 0.434. The Morgan fingerprint density at radius 2 is 2.00 bits per heavy atom. The maximum atomic E-state index is 5.50. The van der Waals surface area contributed by atoms with Crippen molar-refractivity contribution in [1.82, 2.24) is 20.3 Å². The van der Waals surface area contributed by atoms with Crippen molar-refractivity contribution in [3.8, 4) is 11.3 Å². The van der Waals surface area contributed by atoms with Crippen LogP contribution >= 0.6 is 0 Å². The lowest BCUT2D eigenvalue weighted by atomic mass is 9.87. The van der Waals surface area contributed by atoms with Crippen LogP contribution in [0, 0.1) is 12.8 Å². The van der Waals surface area contributed by atoms with E-state index in [1.54, 1.807) is 0 Å². The lowest BCUT2D eigenvalue weighted by Crippen LogP contribution is -2.38. The van der Waals surface area contributed by atoms with Gasteiger partial charge in [-0.1, -0.05) is 30.8 Å². The van der Waals surface area contributed by atoms with Crippen LogP contribution in [0.4, 0.5) is 0 Å². The summed E-state index contributed by atoms with van der Waals surface area (Å²) in [5, 5.41) is 11.6. The number of aryl methyl sites for hydroxylation is 1. The Morgan fingerprint density at radius 1 is 1.17 bits per heavy atom. The first-order chi connectivity index (χ1) is 11.8. The summed E-state index contributed by atoms with van der Waals surface area (Å²) in [5.41, 5.74) is 3.21. The molecule has 0 aromatic carbocycles. The predicted octanol–water partition coefficient (Wildman–Crippen LogP) is 4.48. The van der Waals surface area contributed by atoms with Crippen LogP contribution in [-0.4, -0.2) is 33.3 Å². The van der Waals surface area contributed by atoms with Gasteiger partial charge in [0.1, 0.15) is 0 Å². The van der Waals surface area contributed by atoms with E-state index in [9.17, 15) is 0 Å². The summed E-state index contributed by atoms with van der Waals surface area (Å²) in [6, 6.07) is 2.44. The van der Waals surface area contributed by atoms with Crippen LogP contribution in [0.2, 0.25) is 0 Å². The fraction of sp³-hybridized carbons (Fsp3) is 0.684. The molecule has 3 heterocycles. The van der Waals surface area contributed by atoms with Crippen LogP contribution < -0.4 is 0 Å². The number of rotatable bonds is 4. The SMILES string of the molecule is Cc1cc(-c2cn[nH]c2C2CCCCN2CC2CCCCC2)on1. The van der Waals surface area contributed by atoms with E-state index in [1.807, 2.05) is 19.2 Å². The van der Waals surface area contributed by atoms with Gasteiger partial charge in [-0.25, -0.2) is 0 Å². The van der Waals surface area contributed by atoms with E-state index in [-0.39, 0.29) is 0 Å². The van der Waals surface area contributed by atoms with Gasteiger partial charge in [0.25, 0.3) is 0 Å². The fourth-order valence-electron chi connectivity index (χ4n) is 4.47. The molecular formula is C19H28N4O. The van der Waals surface area contributed by atoms with Gasteiger partial charge in [0.2, 0.25) is 0 Å². The summed E-state index contributed by atoms with van der Waals surface area (Å²) < 4.78 is 5.50. The maximum absolute atomic E-state index is 5.50. The number of aromatic nitrogens is 3. The molecule has 24 heavy (non-hydrogen) atoms. The van der Waals surface area contributed by atoms with E-state index in [2.05, 4.69) is 20.3 Å². The molecule has 5 heteroatoms. The van der Waals surface area contributed by atoms with Crippen LogP contribution in [0.5, 0.6) is 0 Å². The van der Waals surface area contributed by atoms with Gasteiger partial charge in [0.15, 0.2) is 5.76 Å². The lowest BCUT2D eigenvalue weighted by molar-refractivity contribution is 0.111. The minimum Gasteiger partial charge on any atom is -0.356 e. The molecule has 4 rings (SSSR count). The van der Waals surface area contributed by atoms with Crippen LogP contribution in [0.15, 0.2) is 16.8 Å². The zero-order valence-electron chi connectivity index (χ0n) is 14.6. The predicted molar refractivity (Wildman–Crippen MR) is 93.6 cm³/mol. The molecule has 0 amide bonds. The molecule has 1 unspecified atom stereocenters. The maximum Gasteiger partial charge on any atom is 0.170 e. The molecule has 1 N–H and O–H groups in total. The van der Waals surface area contributed by atoms with E-state index in [0.717, 1.165) is 22.9 Å². The van der Waals surface area contributed by atoms with Crippen molar-refractivity contribution in [1.29, 1.82) is 0 Å². The number of H-pyrrole nitrogens is 1. The number of nitrogens with zero attached hydrogens (tertiary/aromatic N) is 3. The standard InChI is InChI=1S/C19H28N4O/c1-14-11-18(24-22-14)16-12-20-21-19(16)17-9-5-6-10-23(17)13-15-7-3-2-4-8-15/h11-12,15,17H,2-10,13H2,1H3,(H,20,21). The highest BCUT2D eigenvalue weighted by Gasteiger charge is 2.30. The summed E-state index contributed by atoms with van der Waals surface area (Å²) >= 11 is 0. The Bertz CT molecular complexity index is 656. The first-order valence-electron chi connectivity index (χ1n) is 9.52. The Balaban J connectivity index is 1.55. The van der Waals surface area contributed by atoms with Crippen molar-refractivity contribution in [3.63, 3.8) is 0 Å². The number of aromatic amines is 1. The monoisotopic (exact) mass is 328 g/mol. The third-order valence-corrected chi connectivity index (χ3v) is 5.73. The highest BCUT2D eigenvalue weighted by molar-refractivity contribution is 5.60. The highest BCUT2D eigenvalue weighted by atomic mass is 16.5. The molecule has 2 aromatic rings. The Labute approximate surface area is 143 Å². The normalized spacial score (nSPS) is 23.6. The van der Waals surface area contributed by atoms with E-state index in [0.29, 0.717) is 6.04 Å². The van der Waals surface area contributed by atoms with Gasteiger partial charge in [0.05, 0.1) is 29.2 Å². The Hall–Kier alpha value is -1.62. The number of nitrogens with one attached hydrogen (secondary N) is 1. The number of piperidine rings is 1. The minimum atomic E-state index is 0.434. The third kappa shape index (κ3) is 3.27. The van der Waals surface area contributed by atoms with Gasteiger partial charge < -0.3 is 4.52 Å². The van der Waals surface area contributed by atoms with Crippen molar-refractivity contribution >= 4 is 0 Å². The number of likely N-dealkylation sites (tertiary alicyclic amines) is 1. The average Bonchev–Trinajstić information content (AvgIpc) is 3.25. The van der Waals surface area contributed by atoms with Gasteiger partial charge in [0, 0.05) is 12.6 Å². The fourth-order valence-corrected chi connectivity index (χ4v) is 4.47. The summed E-state index contributed by atoms with van der Waals surface area (Å²) in [5.74, 6) is 1.71. The molecule has 1 atom stereocenters. The molecule has 1 aliphatic carbocycles. The largest absolute Gasteiger partial charge is 0.356 e. The molecule has 1 saturated heterocycles. The second-order valence-corrected chi connectivity index (χ2v) is 7.54. The molecule has 2 aliphatic rings. The van der Waals surface area contributed by atoms with Crippen LogP contribution in [0.25, 0.3) is 11.3 Å². The van der Waals surface area contributed by atoms with E-state index >= 15 is 0 Å². The van der Waals surface area contributed by atoms with E-state index in [4.69, 9.17) is 4.52 Å². The smallest absolute Gasteiger partial charge is 0.170 e. The molecule has 2 fully saturated rings. The Kier molecular flexibility index (Phi) is 4.69. The molecule has 130 valence electrons. The van der Waals surface area contributed by atoms with Crippen LogP contribution in [0.1, 0.15) is 68.8 Å². The molecule has 0 radical (unpaired) electrons. The molecule has 2 aromatic heterocycles. The number of hydrogen-bond acceptors (Lipinski definition) is 4. The molecule has 0 bridgehead atoms. The molecule has 1 aliphatic heterocycles. The van der Waals surface area contributed by atoms with E-state index in [1.165, 1.54) is 70.2 Å². The van der Waals surface area contributed by atoms with Crippen molar-refractivity contribution in [3.05, 3.63) is 23.7 Å². The molecule has 1 saturated carbocycles. The van der Waals surface area contributed by atoms with Gasteiger partial charge >= 0.3 is 0 Å². The second kappa shape index (κ2) is 7.09. The molecular weight excluding hydrogens is 300 g/mol. The first-order valence-corrected chi connectivity index (χ1v) is 9.52. The molecule has 0 spiro atoms. The quantitative estimate of drug-likeness (QED) is 0.899. The van der Waals surface area contributed by atoms with Crippen LogP contribution in [0.3, 0.4) is 0 Å². The van der Waals surface area contributed by atoms with Gasteiger partial charge in [-0.3, -0.25) is 10.00 Å². The zero-order chi connectivity index (χ0) is 16.4. The topological polar surface area (TPSA) is 58.0 Å². The summed E-state index contributed by atoms with van der Waals surface area (Å²) in [6.45, 7) is 4.40. The van der Waals surface area contributed by atoms with Crippen molar-refractivity contribution in [2.45, 2.75) is 64.3 Å². The third-order valence-electron chi connectivity index (χ3n) is 5.73. The van der Waals surface area contributed by atoms with Crippen molar-refractivity contribution < 1.29 is 4.52 Å². The highest BCUT2D eigenvalue weighted by Crippen LogP contribution is 2.37. The molecule has 5 nitrogen and oxygen atoms in total.